The molecule has 0 amide bonds. The Morgan fingerprint density at radius 3 is 1.98 bits per heavy atom. The Bertz CT molecular complexity index is 2500. The van der Waals surface area contributed by atoms with Crippen molar-refractivity contribution in [2.45, 2.75) is 54.8 Å². The summed E-state index contributed by atoms with van der Waals surface area (Å²) in [4.78, 5) is 30.6. The second-order valence-corrected chi connectivity index (χ2v) is 17.4. The largest absolute Gasteiger partial charge is 1.00 e. The molecule has 5 aromatic rings. The van der Waals surface area contributed by atoms with Gasteiger partial charge in [-0.1, -0.05) is 24.6 Å². The Kier molecular flexibility index (Phi) is 19.4. The van der Waals surface area contributed by atoms with Gasteiger partial charge in [-0.15, -0.1) is 0 Å². The maximum absolute atomic E-state index is 14.1. The molecular formula is C37H39N3Na2O13S3. The number of aryl methyl sites for hydroxylation is 2. The quantitative estimate of drug-likeness (QED) is 0.0862. The van der Waals surface area contributed by atoms with E-state index in [-0.39, 0.29) is 92.6 Å². The smallest absolute Gasteiger partial charge is 0.546 e. The van der Waals surface area contributed by atoms with E-state index < -0.39 is 66.5 Å². The van der Waals surface area contributed by atoms with Gasteiger partial charge in [0.25, 0.3) is 10.0 Å². The molecule has 2 heterocycles. The molecule has 3 aromatic carbocycles. The average Bonchev–Trinajstić information content (AvgIpc) is 3.55. The van der Waals surface area contributed by atoms with E-state index in [1.54, 1.807) is 32.2 Å². The Balaban J connectivity index is 0.000000660. The number of carbonyl (C=O) groups is 2. The minimum absolute atomic E-state index is 0. The van der Waals surface area contributed by atoms with Gasteiger partial charge in [0.15, 0.2) is 21.3 Å². The van der Waals surface area contributed by atoms with Gasteiger partial charge in [-0.2, -0.15) is 0 Å². The van der Waals surface area contributed by atoms with E-state index in [0.29, 0.717) is 34.1 Å². The topological polar surface area (TPSA) is 233 Å². The molecule has 1 unspecified atom stereocenters. The van der Waals surface area contributed by atoms with Gasteiger partial charge in [0, 0.05) is 29.5 Å². The van der Waals surface area contributed by atoms with Crippen LogP contribution in [0.5, 0.6) is 23.0 Å². The molecule has 0 aliphatic rings. The first-order chi connectivity index (χ1) is 26.4. The molecule has 16 nitrogen and oxygen atoms in total. The van der Waals surface area contributed by atoms with E-state index >= 15 is 0 Å². The summed E-state index contributed by atoms with van der Waals surface area (Å²) in [6, 6.07) is 14.5. The molecule has 5 rings (SSSR count). The van der Waals surface area contributed by atoms with Gasteiger partial charge >= 0.3 is 59.1 Å². The summed E-state index contributed by atoms with van der Waals surface area (Å²) in [5.41, 5.74) is 3.12. The van der Waals surface area contributed by atoms with Gasteiger partial charge in [-0.05, 0) is 63.6 Å². The number of sulfone groups is 1. The van der Waals surface area contributed by atoms with E-state index in [1.807, 2.05) is 26.0 Å². The fraction of sp³-hybridized carbons (Fsp3) is 0.297. The van der Waals surface area contributed by atoms with Crippen LogP contribution in [0.4, 0.5) is 0 Å². The monoisotopic (exact) mass is 875 g/mol. The molecule has 58 heavy (non-hydrogen) atoms. The minimum Gasteiger partial charge on any atom is -0.546 e. The number of carboxylic acids is 2. The van der Waals surface area contributed by atoms with Crippen molar-refractivity contribution in [2.75, 3.05) is 33.2 Å². The summed E-state index contributed by atoms with van der Waals surface area (Å²) >= 11 is 0. The Hall–Kier alpha value is -3.53. The first kappa shape index (κ1) is 50.6. The summed E-state index contributed by atoms with van der Waals surface area (Å²) in [6.07, 6.45) is 2.22. The van der Waals surface area contributed by atoms with E-state index in [4.69, 9.17) is 18.9 Å². The number of hydrogen-bond donors (Lipinski definition) is 0. The van der Waals surface area contributed by atoms with E-state index in [9.17, 15) is 40.8 Å². The van der Waals surface area contributed by atoms with Crippen molar-refractivity contribution in [3.63, 3.8) is 0 Å². The Morgan fingerprint density at radius 1 is 0.810 bits per heavy atom. The molecule has 0 saturated heterocycles. The third-order valence-corrected chi connectivity index (χ3v) is 13.0. The molecule has 0 aliphatic carbocycles. The van der Waals surface area contributed by atoms with Crippen LogP contribution in [0.2, 0.25) is 0 Å². The number of hydrogen-bond acceptors (Lipinski definition) is 15. The van der Waals surface area contributed by atoms with E-state index in [1.165, 1.54) is 32.4 Å². The summed E-state index contributed by atoms with van der Waals surface area (Å²) in [7, 11) is -6.77. The van der Waals surface area contributed by atoms with Crippen molar-refractivity contribution in [3.05, 3.63) is 89.2 Å². The molecule has 0 bridgehead atoms. The number of carbonyl (C=O) groups excluding carboxylic acids is 2. The molecular weight excluding hydrogens is 837 g/mol. The number of aromatic nitrogens is 3. The minimum atomic E-state index is -4.60. The number of fused-ring (bicyclic) bond motifs is 1. The second kappa shape index (κ2) is 22.2. The number of methoxy groups -OCH3 is 2. The molecule has 0 N–H and O–H groups in total. The third kappa shape index (κ3) is 12.5. The van der Waals surface area contributed by atoms with Gasteiger partial charge in [-0.25, -0.2) is 25.8 Å². The molecule has 1 atom stereocenters. The number of aliphatic carboxylic acids is 2. The zero-order valence-corrected chi connectivity index (χ0v) is 39.7. The van der Waals surface area contributed by atoms with Gasteiger partial charge < -0.3 is 38.7 Å². The zero-order chi connectivity index (χ0) is 41.4. The first-order valence-electron chi connectivity index (χ1n) is 16.7. The number of benzene rings is 3. The zero-order valence-electron chi connectivity index (χ0n) is 33.3. The Morgan fingerprint density at radius 2 is 1.41 bits per heavy atom. The average molecular weight is 876 g/mol. The van der Waals surface area contributed by atoms with Crippen LogP contribution in [0.1, 0.15) is 35.7 Å². The third-order valence-electron chi connectivity index (χ3n) is 8.01. The van der Waals surface area contributed by atoms with Crippen molar-refractivity contribution in [1.29, 1.82) is 0 Å². The summed E-state index contributed by atoms with van der Waals surface area (Å²) < 4.78 is 86.8. The van der Waals surface area contributed by atoms with Gasteiger partial charge in [0.05, 0.1) is 75.0 Å². The maximum Gasteiger partial charge on any atom is 1.00 e. The number of pyridine rings is 1. The summed E-state index contributed by atoms with van der Waals surface area (Å²) in [5, 5.41) is 21.6. The van der Waals surface area contributed by atoms with Crippen LogP contribution in [-0.2, 0) is 46.0 Å². The van der Waals surface area contributed by atoms with Gasteiger partial charge in [0.2, 0.25) is 5.16 Å². The predicted octanol–water partition coefficient (Wildman–Crippen LogP) is -3.95. The van der Waals surface area contributed by atoms with Crippen LogP contribution in [0, 0.1) is 20.8 Å². The molecule has 0 spiro atoms. The molecule has 300 valence electrons. The van der Waals surface area contributed by atoms with Crippen molar-refractivity contribution >= 4 is 53.6 Å². The molecule has 0 radical (unpaired) electrons. The first-order valence-corrected chi connectivity index (χ1v) is 21.1. The van der Waals surface area contributed by atoms with Crippen LogP contribution in [0.15, 0.2) is 81.8 Å². The Labute approximate surface area is 383 Å². The number of rotatable bonds is 16. The van der Waals surface area contributed by atoms with Gasteiger partial charge in [0.1, 0.15) is 24.7 Å². The fourth-order valence-corrected chi connectivity index (χ4v) is 9.70. The maximum atomic E-state index is 14.1. The van der Waals surface area contributed by atoms with Crippen LogP contribution in [0.25, 0.3) is 11.0 Å². The number of imidazole rings is 1. The predicted molar refractivity (Wildman–Crippen MR) is 200 cm³/mol. The van der Waals surface area contributed by atoms with E-state index in [2.05, 4.69) is 9.97 Å². The number of nitrogens with zero attached hydrogens (tertiary/aromatic N) is 3. The summed E-state index contributed by atoms with van der Waals surface area (Å²) in [5.74, 6) is -2.90. The second-order valence-electron chi connectivity index (χ2n) is 12.1. The van der Waals surface area contributed by atoms with Crippen LogP contribution in [0.3, 0.4) is 0 Å². The molecule has 21 heteroatoms. The van der Waals surface area contributed by atoms with Crippen molar-refractivity contribution in [2.24, 2.45) is 0 Å². The number of carboxylic acid groups (broad SMARTS) is 2. The number of ether oxygens (including phenoxy) is 4. The standard InChI is InChI=1S/C27H27N3O11S2.C10H14O2S.2Na/c1-15-11-28-20(16(2)26(15)39-4)14-42(35)27-29-19-9-17(38-3)5-7-21(19)30(27)43(36,37)18-6-8-22(40-12-24(31)32)23(10-18)41-13-25(33)34;1-3-8-13(11,12)10-6-4-9(2)5-7-10;;/h5-11H,12-14H2,1-4H3,(H,31,32)(H,33,34);4-7H,3,8H2,1-2H3;;/q;;2*+1/p-2. The molecule has 0 saturated carbocycles. The molecule has 0 fully saturated rings. The molecule has 2 aromatic heterocycles. The van der Waals surface area contributed by atoms with Crippen LogP contribution >= 0.6 is 0 Å². The molecule has 0 aliphatic heterocycles. The normalized spacial score (nSPS) is 11.6. The van der Waals surface area contributed by atoms with Crippen LogP contribution in [-0.4, -0.2) is 80.1 Å². The van der Waals surface area contributed by atoms with Crippen molar-refractivity contribution < 1.29 is 119 Å². The fourth-order valence-electron chi connectivity index (χ4n) is 5.32. The van der Waals surface area contributed by atoms with E-state index in [0.717, 1.165) is 33.3 Å². The van der Waals surface area contributed by atoms with Crippen molar-refractivity contribution in [3.8, 4) is 23.0 Å². The van der Waals surface area contributed by atoms with Gasteiger partial charge in [-0.3, -0.25) is 9.19 Å². The van der Waals surface area contributed by atoms with Crippen molar-refractivity contribution in [1.82, 2.24) is 13.9 Å². The summed E-state index contributed by atoms with van der Waals surface area (Å²) in [6.45, 7) is 5.46. The van der Waals surface area contributed by atoms with Crippen LogP contribution < -0.4 is 88.3 Å². The SMILES string of the molecule is CCCS(=O)(=O)c1ccc(C)cc1.COc1ccc2c(c1)nc(S(=O)Cc1ncc(C)c(OC)c1C)n2S(=O)(=O)c1ccc(OCC(=O)[O-])c(OCC(=O)[O-])c1.[Na+].[Na+].